The first-order valence-corrected chi connectivity index (χ1v) is 5.78. The predicted octanol–water partition coefficient (Wildman–Crippen LogP) is 2.74. The highest BCUT2D eigenvalue weighted by Gasteiger charge is 2.42. The largest absolute Gasteiger partial charge is 0.382 e. The summed E-state index contributed by atoms with van der Waals surface area (Å²) in [6.07, 6.45) is 2.28. The number of hydrogen-bond acceptors (Lipinski definition) is 2. The van der Waals surface area contributed by atoms with Crippen LogP contribution in [0.5, 0.6) is 0 Å². The molecule has 1 fully saturated rings. The summed E-state index contributed by atoms with van der Waals surface area (Å²) in [4.78, 5) is 0. The Bertz CT molecular complexity index is 408. The molecule has 4 heteroatoms. The van der Waals surface area contributed by atoms with Crippen molar-refractivity contribution >= 4 is 0 Å². The highest BCUT2D eigenvalue weighted by molar-refractivity contribution is 5.27. The van der Waals surface area contributed by atoms with Crippen LogP contribution in [0.15, 0.2) is 18.2 Å². The predicted molar refractivity (Wildman–Crippen MR) is 59.5 cm³/mol. The number of rotatable bonds is 2. The molecular formula is C13H16F2O2. The Morgan fingerprint density at radius 1 is 1.35 bits per heavy atom. The highest BCUT2D eigenvalue weighted by Crippen LogP contribution is 2.40. The topological polar surface area (TPSA) is 29.5 Å². The quantitative estimate of drug-likeness (QED) is 0.864. The molecule has 2 atom stereocenters. The lowest BCUT2D eigenvalue weighted by atomic mass is 9.77. The molecule has 1 N–H and O–H groups in total. The Hall–Kier alpha value is -1.00. The van der Waals surface area contributed by atoms with Gasteiger partial charge in [0.15, 0.2) is 0 Å². The van der Waals surface area contributed by atoms with Gasteiger partial charge in [0.05, 0.1) is 6.10 Å². The molecule has 0 aliphatic heterocycles. The molecule has 0 heterocycles. The van der Waals surface area contributed by atoms with Gasteiger partial charge in [-0.15, -0.1) is 0 Å². The molecule has 0 bridgehead atoms. The van der Waals surface area contributed by atoms with E-state index in [0.29, 0.717) is 12.8 Å². The van der Waals surface area contributed by atoms with Crippen LogP contribution < -0.4 is 0 Å². The van der Waals surface area contributed by atoms with Gasteiger partial charge < -0.3 is 9.84 Å². The summed E-state index contributed by atoms with van der Waals surface area (Å²) in [7, 11) is 1.48. The Morgan fingerprint density at radius 3 is 2.82 bits per heavy atom. The third-order valence-electron chi connectivity index (χ3n) is 3.49. The number of halogens is 2. The van der Waals surface area contributed by atoms with Crippen molar-refractivity contribution in [1.29, 1.82) is 0 Å². The molecule has 2 rings (SSSR count). The summed E-state index contributed by atoms with van der Waals surface area (Å²) in [6, 6.07) is 3.16. The molecule has 0 saturated heterocycles. The molecule has 0 radical (unpaired) electrons. The number of methoxy groups -OCH3 is 1. The molecule has 17 heavy (non-hydrogen) atoms. The average Bonchev–Trinajstić information content (AvgIpc) is 2.33. The molecule has 0 amide bonds. The first-order valence-electron chi connectivity index (χ1n) is 5.78. The van der Waals surface area contributed by atoms with Crippen LogP contribution in [0.1, 0.15) is 31.2 Å². The zero-order valence-electron chi connectivity index (χ0n) is 9.75. The fraction of sp³-hybridized carbons (Fsp3) is 0.538. The van der Waals surface area contributed by atoms with E-state index in [1.54, 1.807) is 0 Å². The van der Waals surface area contributed by atoms with E-state index in [0.717, 1.165) is 31.0 Å². The minimum Gasteiger partial charge on any atom is -0.382 e. The monoisotopic (exact) mass is 242 g/mol. The summed E-state index contributed by atoms with van der Waals surface area (Å²) >= 11 is 0. The van der Waals surface area contributed by atoms with Crippen molar-refractivity contribution in [3.63, 3.8) is 0 Å². The smallest absolute Gasteiger partial charge is 0.129 e. The van der Waals surface area contributed by atoms with Gasteiger partial charge in [-0.3, -0.25) is 0 Å². The Kier molecular flexibility index (Phi) is 3.45. The van der Waals surface area contributed by atoms with Gasteiger partial charge in [-0.2, -0.15) is 0 Å². The number of benzene rings is 1. The number of aliphatic hydroxyl groups is 1. The van der Waals surface area contributed by atoms with E-state index in [1.807, 2.05) is 0 Å². The van der Waals surface area contributed by atoms with Gasteiger partial charge in [-0.1, -0.05) is 12.8 Å². The van der Waals surface area contributed by atoms with Crippen LogP contribution in [0.25, 0.3) is 0 Å². The van der Waals surface area contributed by atoms with Crippen molar-refractivity contribution in [2.45, 2.75) is 37.4 Å². The Morgan fingerprint density at radius 2 is 2.12 bits per heavy atom. The fourth-order valence-corrected chi connectivity index (χ4v) is 2.57. The van der Waals surface area contributed by atoms with Crippen molar-refractivity contribution in [2.75, 3.05) is 7.11 Å². The maximum absolute atomic E-state index is 13.7. The van der Waals surface area contributed by atoms with Crippen LogP contribution in [0.3, 0.4) is 0 Å². The van der Waals surface area contributed by atoms with Gasteiger partial charge in [-0.05, 0) is 31.0 Å². The van der Waals surface area contributed by atoms with Crippen LogP contribution in [0.4, 0.5) is 8.78 Å². The fourth-order valence-electron chi connectivity index (χ4n) is 2.57. The molecule has 94 valence electrons. The summed E-state index contributed by atoms with van der Waals surface area (Å²) in [5.41, 5.74) is -1.41. The molecule has 1 aromatic rings. The Balaban J connectivity index is 2.44. The van der Waals surface area contributed by atoms with Crippen molar-refractivity contribution in [1.82, 2.24) is 0 Å². The van der Waals surface area contributed by atoms with Crippen LogP contribution >= 0.6 is 0 Å². The van der Waals surface area contributed by atoms with Crippen molar-refractivity contribution < 1.29 is 18.6 Å². The molecule has 1 aromatic carbocycles. The van der Waals surface area contributed by atoms with Gasteiger partial charge in [0.25, 0.3) is 0 Å². The maximum atomic E-state index is 13.7. The molecule has 0 spiro atoms. The van der Waals surface area contributed by atoms with Crippen molar-refractivity contribution in [3.8, 4) is 0 Å². The standard InChI is InChI=1S/C13H16F2O2/c1-17-12-4-2-3-7-13(12,16)10-8-9(14)5-6-11(10)15/h5-6,8,12,16H,2-4,7H2,1H3. The zero-order valence-corrected chi connectivity index (χ0v) is 9.75. The third-order valence-corrected chi connectivity index (χ3v) is 3.49. The Labute approximate surface area is 99.2 Å². The van der Waals surface area contributed by atoms with E-state index >= 15 is 0 Å². The van der Waals surface area contributed by atoms with Crippen molar-refractivity contribution in [3.05, 3.63) is 35.4 Å². The van der Waals surface area contributed by atoms with Crippen LogP contribution in [-0.2, 0) is 10.3 Å². The molecule has 2 unspecified atom stereocenters. The molecule has 1 saturated carbocycles. The molecule has 1 aliphatic carbocycles. The van der Waals surface area contributed by atoms with Gasteiger partial charge >= 0.3 is 0 Å². The lowest BCUT2D eigenvalue weighted by Crippen LogP contribution is -2.44. The summed E-state index contributed by atoms with van der Waals surface area (Å²) in [6.45, 7) is 0. The van der Waals surface area contributed by atoms with E-state index in [9.17, 15) is 13.9 Å². The van der Waals surface area contributed by atoms with E-state index in [2.05, 4.69) is 0 Å². The minimum absolute atomic E-state index is 0.00375. The normalized spacial score (nSPS) is 29.3. The number of hydrogen-bond donors (Lipinski definition) is 1. The second-order valence-corrected chi connectivity index (χ2v) is 4.52. The molecule has 0 aromatic heterocycles. The van der Waals surface area contributed by atoms with Crippen molar-refractivity contribution in [2.24, 2.45) is 0 Å². The average molecular weight is 242 g/mol. The van der Waals surface area contributed by atoms with E-state index < -0.39 is 23.3 Å². The molecule has 2 nitrogen and oxygen atoms in total. The van der Waals surface area contributed by atoms with Crippen LogP contribution in [0, 0.1) is 11.6 Å². The lowest BCUT2D eigenvalue weighted by Gasteiger charge is -2.39. The van der Waals surface area contributed by atoms with Gasteiger partial charge in [0, 0.05) is 12.7 Å². The summed E-state index contributed by atoms with van der Waals surface area (Å²) in [5, 5.41) is 10.6. The third kappa shape index (κ3) is 2.19. The first-order chi connectivity index (χ1) is 8.08. The van der Waals surface area contributed by atoms with E-state index in [4.69, 9.17) is 4.74 Å². The highest BCUT2D eigenvalue weighted by atomic mass is 19.1. The number of ether oxygens (including phenoxy) is 1. The molecular weight excluding hydrogens is 226 g/mol. The second-order valence-electron chi connectivity index (χ2n) is 4.52. The minimum atomic E-state index is -1.42. The molecule has 1 aliphatic rings. The zero-order chi connectivity index (χ0) is 12.5. The maximum Gasteiger partial charge on any atom is 0.129 e. The van der Waals surface area contributed by atoms with Gasteiger partial charge in [0.2, 0.25) is 0 Å². The summed E-state index contributed by atoms with van der Waals surface area (Å²) in [5.74, 6) is -1.13. The van der Waals surface area contributed by atoms with E-state index in [1.165, 1.54) is 7.11 Å². The first kappa shape index (κ1) is 12.5. The van der Waals surface area contributed by atoms with Gasteiger partial charge in [0.1, 0.15) is 17.2 Å². The van der Waals surface area contributed by atoms with E-state index in [-0.39, 0.29) is 5.56 Å². The summed E-state index contributed by atoms with van der Waals surface area (Å²) < 4.78 is 32.1. The van der Waals surface area contributed by atoms with Gasteiger partial charge in [-0.25, -0.2) is 8.78 Å². The van der Waals surface area contributed by atoms with Crippen LogP contribution in [0.2, 0.25) is 0 Å². The second kappa shape index (κ2) is 4.70. The van der Waals surface area contributed by atoms with Crippen LogP contribution in [-0.4, -0.2) is 18.3 Å². The lowest BCUT2D eigenvalue weighted by molar-refractivity contribution is -0.124. The SMILES string of the molecule is COC1CCCCC1(O)c1cc(F)ccc1F.